The van der Waals surface area contributed by atoms with E-state index in [9.17, 15) is 5.11 Å². The Balaban J connectivity index is 1.77. The van der Waals surface area contributed by atoms with E-state index in [0.717, 1.165) is 16.6 Å². The fourth-order valence-electron chi connectivity index (χ4n) is 3.16. The molecule has 0 spiro atoms. The Morgan fingerprint density at radius 1 is 1.10 bits per heavy atom. The van der Waals surface area contributed by atoms with E-state index in [0.29, 0.717) is 22.7 Å². The lowest BCUT2D eigenvalue weighted by molar-refractivity contribution is 0.131. The van der Waals surface area contributed by atoms with E-state index in [1.165, 1.54) is 6.20 Å². The highest BCUT2D eigenvalue weighted by molar-refractivity contribution is 5.79. The van der Waals surface area contributed by atoms with Crippen molar-refractivity contribution in [3.8, 4) is 23.1 Å². The number of fused-ring (bicyclic) bond motifs is 1. The second kappa shape index (κ2) is 8.12. The molecule has 158 valence electrons. The highest BCUT2D eigenvalue weighted by atomic mass is 16.3. The first-order chi connectivity index (χ1) is 14.9. The SMILES string of the molecule is CC(C)Nc1cc(-n2ncc3cc(C#N)cnc32)ncc1-c1cn(C(C)[C@H](C)O)nn1. The summed E-state index contributed by atoms with van der Waals surface area (Å²) in [5.41, 5.74) is 3.36. The van der Waals surface area contributed by atoms with Crippen molar-refractivity contribution >= 4 is 16.7 Å². The van der Waals surface area contributed by atoms with Gasteiger partial charge >= 0.3 is 0 Å². The Morgan fingerprint density at radius 3 is 2.61 bits per heavy atom. The van der Waals surface area contributed by atoms with E-state index in [4.69, 9.17) is 5.26 Å². The Hall–Kier alpha value is -3.84. The highest BCUT2D eigenvalue weighted by Gasteiger charge is 2.18. The van der Waals surface area contributed by atoms with Crippen LogP contribution in [0, 0.1) is 11.3 Å². The summed E-state index contributed by atoms with van der Waals surface area (Å²) in [6.45, 7) is 7.69. The normalized spacial score (nSPS) is 13.3. The zero-order chi connectivity index (χ0) is 22.1. The second-order valence-electron chi connectivity index (χ2n) is 7.76. The standard InChI is InChI=1S/C21H23N9O/c1-12(2)26-18-6-20(30-21-16(9-25-30)5-15(7-22)8-24-21)23-10-17(18)19-11-29(28-27-19)13(3)14(4)31/h5-6,8-14,31H,1-4H3,(H,23,26)/t13?,14-/m0/s1. The Labute approximate surface area is 179 Å². The van der Waals surface area contributed by atoms with Gasteiger partial charge in [0.25, 0.3) is 0 Å². The molecule has 31 heavy (non-hydrogen) atoms. The second-order valence-corrected chi connectivity index (χ2v) is 7.76. The molecule has 2 atom stereocenters. The number of nitriles is 1. The van der Waals surface area contributed by atoms with Gasteiger partial charge in [0, 0.05) is 41.1 Å². The van der Waals surface area contributed by atoms with Crippen molar-refractivity contribution < 1.29 is 5.11 Å². The topological polar surface area (TPSA) is 130 Å². The number of hydrogen-bond donors (Lipinski definition) is 2. The fourth-order valence-corrected chi connectivity index (χ4v) is 3.16. The smallest absolute Gasteiger partial charge is 0.164 e. The molecule has 4 rings (SSSR count). The van der Waals surface area contributed by atoms with Crippen molar-refractivity contribution in [2.45, 2.75) is 45.9 Å². The van der Waals surface area contributed by atoms with E-state index in [2.05, 4.69) is 36.8 Å². The first-order valence-corrected chi connectivity index (χ1v) is 9.98. The molecule has 0 amide bonds. The molecule has 0 aliphatic heterocycles. The molecule has 4 aromatic rings. The third-order valence-corrected chi connectivity index (χ3v) is 4.99. The van der Waals surface area contributed by atoms with Crippen molar-refractivity contribution in [3.05, 3.63) is 42.5 Å². The van der Waals surface area contributed by atoms with Gasteiger partial charge in [0.2, 0.25) is 0 Å². The first kappa shape index (κ1) is 20.4. The van der Waals surface area contributed by atoms with Crippen LogP contribution in [0.5, 0.6) is 0 Å². The third-order valence-electron chi connectivity index (χ3n) is 4.99. The van der Waals surface area contributed by atoms with Gasteiger partial charge in [0.05, 0.1) is 30.1 Å². The largest absolute Gasteiger partial charge is 0.391 e. The van der Waals surface area contributed by atoms with E-state index < -0.39 is 6.10 Å². The molecule has 1 unspecified atom stereocenters. The minimum atomic E-state index is -0.551. The minimum absolute atomic E-state index is 0.172. The molecule has 0 saturated carbocycles. The molecule has 0 bridgehead atoms. The fraction of sp³-hybridized carbons (Fsp3) is 0.333. The molecule has 0 fully saturated rings. The molecule has 0 aromatic carbocycles. The molecule has 0 radical (unpaired) electrons. The molecule has 0 aliphatic carbocycles. The van der Waals surface area contributed by atoms with Gasteiger partial charge in [0.1, 0.15) is 11.8 Å². The lowest BCUT2D eigenvalue weighted by Gasteiger charge is -2.15. The predicted octanol–water partition coefficient (Wildman–Crippen LogP) is 2.71. The average Bonchev–Trinajstić information content (AvgIpc) is 3.39. The van der Waals surface area contributed by atoms with Gasteiger partial charge in [-0.2, -0.15) is 15.0 Å². The Kier molecular flexibility index (Phi) is 5.35. The summed E-state index contributed by atoms with van der Waals surface area (Å²) < 4.78 is 3.28. The first-order valence-electron chi connectivity index (χ1n) is 9.98. The molecule has 10 nitrogen and oxygen atoms in total. The number of anilines is 1. The quantitative estimate of drug-likeness (QED) is 0.490. The summed E-state index contributed by atoms with van der Waals surface area (Å²) in [5, 5.41) is 36.0. The Bertz CT molecular complexity index is 1270. The molecular formula is C21H23N9O. The van der Waals surface area contributed by atoms with Crippen molar-refractivity contribution in [1.82, 2.24) is 34.7 Å². The van der Waals surface area contributed by atoms with E-state index >= 15 is 0 Å². The highest BCUT2D eigenvalue weighted by Crippen LogP contribution is 2.29. The van der Waals surface area contributed by atoms with Gasteiger partial charge in [-0.15, -0.1) is 5.10 Å². The number of nitrogens with one attached hydrogen (secondary N) is 1. The maximum Gasteiger partial charge on any atom is 0.164 e. The molecule has 4 aromatic heterocycles. The summed E-state index contributed by atoms with van der Waals surface area (Å²) in [6.07, 6.45) is 6.15. The van der Waals surface area contributed by atoms with Crippen LogP contribution in [0.1, 0.15) is 39.3 Å². The lowest BCUT2D eigenvalue weighted by atomic mass is 10.1. The van der Waals surface area contributed by atoms with E-state index in [1.807, 2.05) is 26.8 Å². The summed E-state index contributed by atoms with van der Waals surface area (Å²) in [5.74, 6) is 0.587. The van der Waals surface area contributed by atoms with Gasteiger partial charge in [-0.1, -0.05) is 5.21 Å². The molecule has 4 heterocycles. The van der Waals surface area contributed by atoms with Crippen molar-refractivity contribution in [3.63, 3.8) is 0 Å². The monoisotopic (exact) mass is 417 g/mol. The van der Waals surface area contributed by atoms with Crippen LogP contribution in [0.4, 0.5) is 5.69 Å². The molecule has 10 heteroatoms. The van der Waals surface area contributed by atoms with E-state index in [-0.39, 0.29) is 12.1 Å². The summed E-state index contributed by atoms with van der Waals surface area (Å²) in [4.78, 5) is 8.94. The van der Waals surface area contributed by atoms with Crippen molar-refractivity contribution in [2.24, 2.45) is 0 Å². The van der Waals surface area contributed by atoms with Crippen LogP contribution < -0.4 is 5.32 Å². The summed E-state index contributed by atoms with van der Waals surface area (Å²) in [7, 11) is 0. The number of rotatable bonds is 6. The number of aliphatic hydroxyl groups is 1. The molecule has 2 N–H and O–H groups in total. The van der Waals surface area contributed by atoms with Gasteiger partial charge in [0.15, 0.2) is 11.5 Å². The number of aliphatic hydroxyl groups excluding tert-OH is 1. The van der Waals surface area contributed by atoms with Crippen LogP contribution in [-0.2, 0) is 0 Å². The van der Waals surface area contributed by atoms with Crippen molar-refractivity contribution in [1.29, 1.82) is 5.26 Å². The van der Waals surface area contributed by atoms with Gasteiger partial charge in [-0.25, -0.2) is 14.6 Å². The molecule has 0 aliphatic rings. The number of aromatic nitrogens is 7. The van der Waals surface area contributed by atoms with Crippen LogP contribution >= 0.6 is 0 Å². The lowest BCUT2D eigenvalue weighted by Crippen LogP contribution is -2.18. The maximum atomic E-state index is 9.84. The van der Waals surface area contributed by atoms with Crippen LogP contribution in [0.15, 0.2) is 36.9 Å². The number of nitrogens with zero attached hydrogens (tertiary/aromatic N) is 8. The van der Waals surface area contributed by atoms with Gasteiger partial charge in [-0.05, 0) is 33.8 Å². The molecular weight excluding hydrogens is 394 g/mol. The van der Waals surface area contributed by atoms with Crippen LogP contribution in [-0.4, -0.2) is 52.0 Å². The van der Waals surface area contributed by atoms with Crippen LogP contribution in [0.2, 0.25) is 0 Å². The summed E-state index contributed by atoms with van der Waals surface area (Å²) >= 11 is 0. The number of pyridine rings is 2. The van der Waals surface area contributed by atoms with Crippen LogP contribution in [0.3, 0.4) is 0 Å². The van der Waals surface area contributed by atoms with Gasteiger partial charge < -0.3 is 10.4 Å². The predicted molar refractivity (Wildman–Crippen MR) is 116 cm³/mol. The van der Waals surface area contributed by atoms with Crippen molar-refractivity contribution in [2.75, 3.05) is 5.32 Å². The van der Waals surface area contributed by atoms with E-state index in [1.54, 1.807) is 40.9 Å². The zero-order valence-corrected chi connectivity index (χ0v) is 17.7. The molecule has 0 saturated heterocycles. The van der Waals surface area contributed by atoms with Crippen LogP contribution in [0.25, 0.3) is 28.1 Å². The summed E-state index contributed by atoms with van der Waals surface area (Å²) in [6, 6.07) is 5.69. The number of hydrogen-bond acceptors (Lipinski definition) is 8. The Morgan fingerprint density at radius 2 is 1.90 bits per heavy atom. The zero-order valence-electron chi connectivity index (χ0n) is 17.7. The maximum absolute atomic E-state index is 9.84. The van der Waals surface area contributed by atoms with Gasteiger partial charge in [-0.3, -0.25) is 0 Å². The average molecular weight is 417 g/mol. The minimum Gasteiger partial charge on any atom is -0.391 e. The third kappa shape index (κ3) is 3.95.